The van der Waals surface area contributed by atoms with E-state index in [4.69, 9.17) is 0 Å². The maximum atomic E-state index is 14.2. The van der Waals surface area contributed by atoms with E-state index in [1.807, 2.05) is 30.3 Å². The van der Waals surface area contributed by atoms with Crippen LogP contribution in [0.3, 0.4) is 0 Å². The van der Waals surface area contributed by atoms with Gasteiger partial charge in [-0.2, -0.15) is 0 Å². The lowest BCUT2D eigenvalue weighted by molar-refractivity contribution is -0.140. The number of carbonyl (C=O) groups excluding carboxylic acids is 2. The number of hydrogen-bond donors (Lipinski definition) is 1. The molecule has 212 valence electrons. The van der Waals surface area contributed by atoms with Gasteiger partial charge in [0.25, 0.3) is 10.0 Å². The summed E-state index contributed by atoms with van der Waals surface area (Å²) in [6.07, 6.45) is 0.205. The number of sulfonamides is 1. The van der Waals surface area contributed by atoms with Gasteiger partial charge in [0.15, 0.2) is 0 Å². The number of nitrogens with zero attached hydrogens (tertiary/aromatic N) is 2. The normalized spacial score (nSPS) is 11.9. The van der Waals surface area contributed by atoms with Crippen LogP contribution in [0.25, 0.3) is 0 Å². The highest BCUT2D eigenvalue weighted by Gasteiger charge is 2.34. The average Bonchev–Trinajstić information content (AvgIpc) is 3.00. The van der Waals surface area contributed by atoms with Gasteiger partial charge >= 0.3 is 0 Å². The van der Waals surface area contributed by atoms with Crippen LogP contribution in [0, 0.1) is 5.82 Å². The Labute approximate surface area is 240 Å². The van der Waals surface area contributed by atoms with E-state index in [0.29, 0.717) is 17.8 Å². The van der Waals surface area contributed by atoms with Crippen molar-refractivity contribution in [2.75, 3.05) is 17.4 Å². The number of nitrogens with one attached hydrogen (secondary N) is 1. The van der Waals surface area contributed by atoms with Crippen LogP contribution in [-0.2, 0) is 32.6 Å². The Hall–Kier alpha value is -4.50. The Morgan fingerprint density at radius 2 is 1.34 bits per heavy atom. The second kappa shape index (κ2) is 13.7. The van der Waals surface area contributed by atoms with Gasteiger partial charge in [0, 0.05) is 19.5 Å². The van der Waals surface area contributed by atoms with E-state index in [-0.39, 0.29) is 23.8 Å². The smallest absolute Gasteiger partial charge is 0.264 e. The van der Waals surface area contributed by atoms with Crippen LogP contribution < -0.4 is 9.62 Å². The van der Waals surface area contributed by atoms with Gasteiger partial charge in [-0.3, -0.25) is 13.9 Å². The summed E-state index contributed by atoms with van der Waals surface area (Å²) in [4.78, 5) is 29.0. The first kappa shape index (κ1) is 29.5. The minimum Gasteiger partial charge on any atom is -0.355 e. The molecule has 0 aliphatic carbocycles. The molecule has 1 N–H and O–H groups in total. The molecule has 0 spiro atoms. The Balaban J connectivity index is 1.76. The molecule has 0 unspecified atom stereocenters. The fourth-order valence-electron chi connectivity index (χ4n) is 4.48. The summed E-state index contributed by atoms with van der Waals surface area (Å²) in [7, 11) is -4.14. The van der Waals surface area contributed by atoms with Crippen molar-refractivity contribution >= 4 is 27.5 Å². The van der Waals surface area contributed by atoms with Crippen molar-refractivity contribution in [1.29, 1.82) is 0 Å². The topological polar surface area (TPSA) is 86.8 Å². The highest BCUT2D eigenvalue weighted by molar-refractivity contribution is 7.92. The molecule has 0 aliphatic heterocycles. The van der Waals surface area contributed by atoms with Crippen molar-refractivity contribution < 1.29 is 22.4 Å². The fraction of sp³-hybridized carbons (Fsp3) is 0.188. The van der Waals surface area contributed by atoms with Crippen LogP contribution in [0.1, 0.15) is 18.1 Å². The SMILES string of the molecule is CCNC(=O)[C@@H](Cc1ccccc1)N(Cc1ccc(F)cc1)C(=O)CN(c1ccccc1)S(=O)(=O)c1ccccc1. The van der Waals surface area contributed by atoms with Crippen molar-refractivity contribution in [2.24, 2.45) is 0 Å². The second-order valence-corrected chi connectivity index (χ2v) is 11.3. The number of likely N-dealkylation sites (N-methyl/N-ethyl adjacent to an activating group) is 1. The fourth-order valence-corrected chi connectivity index (χ4v) is 5.91. The summed E-state index contributed by atoms with van der Waals surface area (Å²) >= 11 is 0. The predicted octanol–water partition coefficient (Wildman–Crippen LogP) is 4.80. The first-order chi connectivity index (χ1) is 19.8. The van der Waals surface area contributed by atoms with E-state index >= 15 is 0 Å². The van der Waals surface area contributed by atoms with Crippen LogP contribution in [-0.4, -0.2) is 44.3 Å². The molecule has 41 heavy (non-hydrogen) atoms. The van der Waals surface area contributed by atoms with E-state index < -0.39 is 34.3 Å². The lowest BCUT2D eigenvalue weighted by Crippen LogP contribution is -2.53. The molecule has 0 aliphatic rings. The predicted molar refractivity (Wildman–Crippen MR) is 157 cm³/mol. The molecular formula is C32H32FN3O4S. The highest BCUT2D eigenvalue weighted by Crippen LogP contribution is 2.25. The van der Waals surface area contributed by atoms with Gasteiger partial charge < -0.3 is 10.2 Å². The van der Waals surface area contributed by atoms with Crippen LogP contribution in [0.4, 0.5) is 10.1 Å². The Morgan fingerprint density at radius 1 is 0.780 bits per heavy atom. The molecule has 4 aromatic carbocycles. The zero-order valence-corrected chi connectivity index (χ0v) is 23.5. The van der Waals surface area contributed by atoms with E-state index in [0.717, 1.165) is 9.87 Å². The first-order valence-corrected chi connectivity index (χ1v) is 14.7. The van der Waals surface area contributed by atoms with Crippen LogP contribution in [0.5, 0.6) is 0 Å². The van der Waals surface area contributed by atoms with Gasteiger partial charge in [-0.25, -0.2) is 12.8 Å². The van der Waals surface area contributed by atoms with Gasteiger partial charge in [0.1, 0.15) is 18.4 Å². The van der Waals surface area contributed by atoms with Crippen molar-refractivity contribution in [3.8, 4) is 0 Å². The van der Waals surface area contributed by atoms with E-state index in [1.165, 1.54) is 29.2 Å². The zero-order chi connectivity index (χ0) is 29.2. The number of hydrogen-bond acceptors (Lipinski definition) is 4. The largest absolute Gasteiger partial charge is 0.355 e. The molecule has 7 nitrogen and oxygen atoms in total. The minimum atomic E-state index is -4.14. The lowest BCUT2D eigenvalue weighted by atomic mass is 10.0. The quantitative estimate of drug-likeness (QED) is 0.264. The third kappa shape index (κ3) is 7.58. The highest BCUT2D eigenvalue weighted by atomic mass is 32.2. The Kier molecular flexibility index (Phi) is 9.86. The van der Waals surface area contributed by atoms with Gasteiger partial charge in [-0.05, 0) is 54.4 Å². The monoisotopic (exact) mass is 573 g/mol. The minimum absolute atomic E-state index is 0.0260. The Bertz CT molecular complexity index is 1530. The van der Waals surface area contributed by atoms with E-state index in [9.17, 15) is 22.4 Å². The van der Waals surface area contributed by atoms with E-state index in [2.05, 4.69) is 5.32 Å². The molecule has 4 rings (SSSR count). The number of amides is 2. The van der Waals surface area contributed by atoms with Gasteiger partial charge in [0.2, 0.25) is 11.8 Å². The standard InChI is InChI=1S/C32H32FN3O4S/c1-2-34-32(38)30(22-25-12-6-3-7-13-25)35(23-26-18-20-27(33)21-19-26)31(37)24-36(28-14-8-4-9-15-28)41(39,40)29-16-10-5-11-17-29/h3-21,30H,2,22-24H2,1H3,(H,34,38)/t30-/m1/s1. The summed E-state index contributed by atoms with van der Waals surface area (Å²) < 4.78 is 42.4. The summed E-state index contributed by atoms with van der Waals surface area (Å²) in [6.45, 7) is 1.56. The average molecular weight is 574 g/mol. The molecule has 4 aromatic rings. The third-order valence-electron chi connectivity index (χ3n) is 6.54. The summed E-state index contributed by atoms with van der Waals surface area (Å²) in [5.74, 6) is -1.38. The maximum absolute atomic E-state index is 14.2. The lowest BCUT2D eigenvalue weighted by Gasteiger charge is -2.33. The molecule has 0 fully saturated rings. The molecule has 9 heteroatoms. The number of benzene rings is 4. The number of halogens is 1. The van der Waals surface area contributed by atoms with Crippen molar-refractivity contribution in [1.82, 2.24) is 10.2 Å². The molecule has 0 saturated heterocycles. The first-order valence-electron chi connectivity index (χ1n) is 13.3. The maximum Gasteiger partial charge on any atom is 0.264 e. The molecule has 0 aromatic heterocycles. The molecule has 0 bridgehead atoms. The van der Waals surface area contributed by atoms with Gasteiger partial charge in [-0.15, -0.1) is 0 Å². The number of carbonyl (C=O) groups is 2. The molecular weight excluding hydrogens is 541 g/mol. The molecule has 2 amide bonds. The van der Waals surface area contributed by atoms with Gasteiger partial charge in [0.05, 0.1) is 10.6 Å². The van der Waals surface area contributed by atoms with Crippen LogP contribution in [0.2, 0.25) is 0 Å². The summed E-state index contributed by atoms with van der Waals surface area (Å²) in [5, 5.41) is 2.81. The number of anilines is 1. The molecule has 0 radical (unpaired) electrons. The van der Waals surface area contributed by atoms with Crippen molar-refractivity contribution in [3.63, 3.8) is 0 Å². The molecule has 0 saturated carbocycles. The second-order valence-electron chi connectivity index (χ2n) is 9.41. The zero-order valence-electron chi connectivity index (χ0n) is 22.7. The molecule has 1 atom stereocenters. The van der Waals surface area contributed by atoms with Crippen molar-refractivity contribution in [2.45, 2.75) is 30.8 Å². The van der Waals surface area contributed by atoms with Crippen molar-refractivity contribution in [3.05, 3.63) is 132 Å². The number of para-hydroxylation sites is 1. The summed E-state index contributed by atoms with van der Waals surface area (Å²) in [5.41, 5.74) is 1.74. The van der Waals surface area contributed by atoms with Gasteiger partial charge in [-0.1, -0.05) is 78.9 Å². The number of rotatable bonds is 12. The summed E-state index contributed by atoms with van der Waals surface area (Å²) in [6, 6.07) is 30.2. The third-order valence-corrected chi connectivity index (χ3v) is 8.33. The Morgan fingerprint density at radius 3 is 1.93 bits per heavy atom. The molecule has 0 heterocycles. The van der Waals surface area contributed by atoms with Crippen LogP contribution >= 0.6 is 0 Å². The van der Waals surface area contributed by atoms with Crippen LogP contribution in [0.15, 0.2) is 120 Å². The van der Waals surface area contributed by atoms with E-state index in [1.54, 1.807) is 67.6 Å².